The highest BCUT2D eigenvalue weighted by atomic mass is 35.5. The van der Waals surface area contributed by atoms with Gasteiger partial charge in [-0.1, -0.05) is 6.07 Å². The van der Waals surface area contributed by atoms with Gasteiger partial charge in [0.25, 0.3) is 0 Å². The standard InChI is InChI=1S/C22H31N5O5.ClH/c1-13(15(23)6-9-19(24)28)32-11-3-4-14-5-7-16-18(12-14)26(2)22(31)27(16)17-8-10-20(29)25-21(17)30;/h5,7,12-13,15,17H,3-4,6,8-11,23H2,1-2H3,(H2,24,28)(H,25,29,30);1H/t13-,15+,17?;/m1./s1. The van der Waals surface area contributed by atoms with Gasteiger partial charge in [-0.2, -0.15) is 0 Å². The normalized spacial score (nSPS) is 18.0. The maximum Gasteiger partial charge on any atom is 0.329 e. The molecule has 0 aliphatic carbocycles. The second-order valence-corrected chi connectivity index (χ2v) is 8.35. The van der Waals surface area contributed by atoms with E-state index in [0.717, 1.165) is 23.9 Å². The second kappa shape index (κ2) is 11.4. The van der Waals surface area contributed by atoms with Gasteiger partial charge in [-0.3, -0.25) is 28.8 Å². The third kappa shape index (κ3) is 6.21. The number of amides is 3. The zero-order valence-corrected chi connectivity index (χ0v) is 19.7. The third-order valence-corrected chi connectivity index (χ3v) is 5.99. The first-order valence-electron chi connectivity index (χ1n) is 10.9. The first-order valence-corrected chi connectivity index (χ1v) is 10.9. The van der Waals surface area contributed by atoms with Crippen LogP contribution in [0.2, 0.25) is 0 Å². The Bertz CT molecular complexity index is 1080. The molecule has 0 spiro atoms. The number of imidazole rings is 1. The summed E-state index contributed by atoms with van der Waals surface area (Å²) in [5.41, 5.74) is 13.3. The number of hydrogen-bond donors (Lipinski definition) is 3. The van der Waals surface area contributed by atoms with E-state index < -0.39 is 11.9 Å². The van der Waals surface area contributed by atoms with E-state index in [1.807, 2.05) is 25.1 Å². The Labute approximate surface area is 198 Å². The lowest BCUT2D eigenvalue weighted by Crippen LogP contribution is -2.44. The van der Waals surface area contributed by atoms with Crippen molar-refractivity contribution >= 4 is 41.2 Å². The van der Waals surface area contributed by atoms with Crippen molar-refractivity contribution in [1.82, 2.24) is 14.5 Å². The zero-order valence-electron chi connectivity index (χ0n) is 18.9. The number of carbonyl (C=O) groups is 3. The lowest BCUT2D eigenvalue weighted by Gasteiger charge is -2.22. The summed E-state index contributed by atoms with van der Waals surface area (Å²) in [4.78, 5) is 47.4. The summed E-state index contributed by atoms with van der Waals surface area (Å²) in [7, 11) is 1.68. The van der Waals surface area contributed by atoms with Crippen LogP contribution < -0.4 is 22.5 Å². The summed E-state index contributed by atoms with van der Waals surface area (Å²) in [5, 5.41) is 2.31. The van der Waals surface area contributed by atoms with Crippen molar-refractivity contribution in [2.75, 3.05) is 6.61 Å². The fraction of sp³-hybridized carbons (Fsp3) is 0.545. The van der Waals surface area contributed by atoms with Crippen molar-refractivity contribution in [1.29, 1.82) is 0 Å². The van der Waals surface area contributed by atoms with Gasteiger partial charge in [-0.25, -0.2) is 4.79 Å². The van der Waals surface area contributed by atoms with Crippen molar-refractivity contribution < 1.29 is 19.1 Å². The second-order valence-electron chi connectivity index (χ2n) is 8.35. The molecular formula is C22H32ClN5O5. The third-order valence-electron chi connectivity index (χ3n) is 5.99. The Kier molecular flexibility index (Phi) is 9.21. The lowest BCUT2D eigenvalue weighted by atomic mass is 10.1. The van der Waals surface area contributed by atoms with Gasteiger partial charge < -0.3 is 16.2 Å². The maximum atomic E-state index is 12.8. The number of hydrogen-bond acceptors (Lipinski definition) is 6. The van der Waals surface area contributed by atoms with Gasteiger partial charge in [0.15, 0.2) is 0 Å². The van der Waals surface area contributed by atoms with Crippen molar-refractivity contribution in [3.05, 3.63) is 34.2 Å². The summed E-state index contributed by atoms with van der Waals surface area (Å²) in [6.45, 7) is 2.39. The van der Waals surface area contributed by atoms with Crippen LogP contribution in [-0.2, 0) is 32.6 Å². The van der Waals surface area contributed by atoms with E-state index in [1.54, 1.807) is 7.05 Å². The Morgan fingerprint density at radius 2 is 2.00 bits per heavy atom. The van der Waals surface area contributed by atoms with Crippen LogP contribution in [0.25, 0.3) is 11.0 Å². The van der Waals surface area contributed by atoms with Crippen LogP contribution >= 0.6 is 12.4 Å². The van der Waals surface area contributed by atoms with Gasteiger partial charge in [0.05, 0.1) is 17.1 Å². The number of nitrogens with two attached hydrogens (primary N) is 2. The van der Waals surface area contributed by atoms with E-state index in [2.05, 4.69) is 5.32 Å². The fourth-order valence-corrected chi connectivity index (χ4v) is 4.01. The van der Waals surface area contributed by atoms with Crippen LogP contribution in [0.5, 0.6) is 0 Å². The van der Waals surface area contributed by atoms with E-state index in [4.69, 9.17) is 16.2 Å². The predicted octanol–water partition coefficient (Wildman–Crippen LogP) is 0.670. The van der Waals surface area contributed by atoms with Crippen LogP contribution in [0.1, 0.15) is 50.6 Å². The number of imide groups is 1. The molecule has 5 N–H and O–H groups in total. The molecule has 1 aromatic heterocycles. The maximum absolute atomic E-state index is 12.8. The molecule has 0 bridgehead atoms. The monoisotopic (exact) mass is 481 g/mol. The number of ether oxygens (including phenoxy) is 1. The molecule has 0 saturated carbocycles. The minimum atomic E-state index is -0.691. The molecule has 11 heteroatoms. The average molecular weight is 482 g/mol. The number of nitrogens with zero attached hydrogens (tertiary/aromatic N) is 2. The van der Waals surface area contributed by atoms with Gasteiger partial charge in [0, 0.05) is 32.5 Å². The van der Waals surface area contributed by atoms with Crippen molar-refractivity contribution in [3.63, 3.8) is 0 Å². The van der Waals surface area contributed by atoms with E-state index in [9.17, 15) is 19.2 Å². The Hall–Kier alpha value is -2.69. The summed E-state index contributed by atoms with van der Waals surface area (Å²) < 4.78 is 8.78. The number of aryl methyl sites for hydroxylation is 2. The molecule has 2 heterocycles. The number of halogens is 1. The first kappa shape index (κ1) is 26.6. The van der Waals surface area contributed by atoms with E-state index in [0.29, 0.717) is 25.0 Å². The number of primary amides is 1. The number of fused-ring (bicyclic) bond motifs is 1. The zero-order chi connectivity index (χ0) is 23.4. The summed E-state index contributed by atoms with van der Waals surface area (Å²) in [5.74, 6) is -1.13. The lowest BCUT2D eigenvalue weighted by molar-refractivity contribution is -0.135. The highest BCUT2D eigenvalue weighted by Gasteiger charge is 2.31. The van der Waals surface area contributed by atoms with Crippen molar-refractivity contribution in [3.8, 4) is 0 Å². The van der Waals surface area contributed by atoms with Crippen molar-refractivity contribution in [2.24, 2.45) is 18.5 Å². The van der Waals surface area contributed by atoms with Crippen LogP contribution in [0, 0.1) is 0 Å². The predicted molar refractivity (Wildman–Crippen MR) is 126 cm³/mol. The first-order chi connectivity index (χ1) is 15.2. The fourth-order valence-electron chi connectivity index (χ4n) is 4.01. The van der Waals surface area contributed by atoms with Gasteiger partial charge in [-0.05, 0) is 50.3 Å². The molecule has 10 nitrogen and oxygen atoms in total. The van der Waals surface area contributed by atoms with Crippen LogP contribution in [0.15, 0.2) is 23.0 Å². The summed E-state index contributed by atoms with van der Waals surface area (Å²) >= 11 is 0. The molecule has 182 valence electrons. The quantitative estimate of drug-likeness (QED) is 0.335. The number of benzene rings is 1. The van der Waals surface area contributed by atoms with Crippen molar-refractivity contribution in [2.45, 2.75) is 63.6 Å². The molecule has 1 aromatic carbocycles. The van der Waals surface area contributed by atoms with Gasteiger partial charge in [0.1, 0.15) is 6.04 Å². The van der Waals surface area contributed by atoms with Crippen LogP contribution in [0.3, 0.4) is 0 Å². The van der Waals surface area contributed by atoms with Gasteiger partial charge in [-0.15, -0.1) is 12.4 Å². The molecule has 3 rings (SSSR count). The minimum Gasteiger partial charge on any atom is -0.377 e. The van der Waals surface area contributed by atoms with E-state index in [1.165, 1.54) is 9.13 Å². The van der Waals surface area contributed by atoms with E-state index in [-0.39, 0.29) is 54.9 Å². The minimum absolute atomic E-state index is 0. The number of piperidine rings is 1. The SMILES string of the molecule is C[C@@H](OCCCc1ccc2c(c1)n(C)c(=O)n2C1CCC(=O)NC1=O)[C@@H](N)CCC(N)=O.Cl. The topological polar surface area (TPSA) is 151 Å². The Morgan fingerprint density at radius 1 is 1.27 bits per heavy atom. The largest absolute Gasteiger partial charge is 0.377 e. The van der Waals surface area contributed by atoms with Gasteiger partial charge >= 0.3 is 5.69 Å². The number of nitrogens with one attached hydrogen (secondary N) is 1. The van der Waals surface area contributed by atoms with E-state index >= 15 is 0 Å². The number of rotatable bonds is 10. The highest BCUT2D eigenvalue weighted by molar-refractivity contribution is 6.00. The summed E-state index contributed by atoms with van der Waals surface area (Å²) in [6, 6.07) is 4.79. The Balaban J connectivity index is 0.00000385. The van der Waals surface area contributed by atoms with Gasteiger partial charge in [0.2, 0.25) is 17.7 Å². The molecule has 0 radical (unpaired) electrons. The Morgan fingerprint density at radius 3 is 2.67 bits per heavy atom. The molecule has 1 saturated heterocycles. The molecule has 1 aliphatic rings. The molecule has 1 fully saturated rings. The molecule has 3 amide bonds. The smallest absolute Gasteiger partial charge is 0.329 e. The number of aromatic nitrogens is 2. The molecule has 2 aromatic rings. The summed E-state index contributed by atoms with van der Waals surface area (Å²) in [6.07, 6.45) is 2.58. The molecule has 3 atom stereocenters. The molecule has 1 aliphatic heterocycles. The van der Waals surface area contributed by atoms with Crippen LogP contribution in [0.4, 0.5) is 0 Å². The molecule has 1 unspecified atom stereocenters. The molecule has 33 heavy (non-hydrogen) atoms. The van der Waals surface area contributed by atoms with Crippen LogP contribution in [-0.4, -0.2) is 45.6 Å². The highest BCUT2D eigenvalue weighted by Crippen LogP contribution is 2.24. The number of carbonyl (C=O) groups excluding carboxylic acids is 3. The average Bonchev–Trinajstić information content (AvgIpc) is 2.99. The molecular weight excluding hydrogens is 450 g/mol.